The summed E-state index contributed by atoms with van der Waals surface area (Å²) in [5.41, 5.74) is 2.39. The van der Waals surface area contributed by atoms with Crippen LogP contribution in [0.4, 0.5) is 4.79 Å². The fraction of sp³-hybridized carbons (Fsp3) is 0.368. The number of carbonyl (C=O) groups is 1. The predicted octanol–water partition coefficient (Wildman–Crippen LogP) is 3.39. The van der Waals surface area contributed by atoms with Gasteiger partial charge in [-0.25, -0.2) is 4.79 Å². The Balaban J connectivity index is 1.79. The van der Waals surface area contributed by atoms with E-state index in [9.17, 15) is 10.0 Å². The fourth-order valence-electron chi connectivity index (χ4n) is 2.82. The van der Waals surface area contributed by atoms with Gasteiger partial charge < -0.3 is 9.64 Å². The molecule has 1 aromatic heterocycles. The van der Waals surface area contributed by atoms with Crippen molar-refractivity contribution in [3.8, 4) is 0 Å². The Morgan fingerprint density at radius 2 is 2.04 bits per heavy atom. The standard InChI is InChI=1S/C19H23N2O3/c1-19(2,3)24-18(22)20-10-8-14(9-11-20)16-12-15-6-4-5-7-17(15)21(23)13-16/h4-8,12-13,23H,9-11H2,1-3H3/q+1. The second-order valence-electron chi connectivity index (χ2n) is 7.04. The minimum Gasteiger partial charge on any atom is -0.444 e. The number of aromatic nitrogens is 1. The number of ether oxygens (including phenoxy) is 1. The molecule has 24 heavy (non-hydrogen) atoms. The number of fused-ring (bicyclic) bond motifs is 1. The third-order valence-corrected chi connectivity index (χ3v) is 3.99. The van der Waals surface area contributed by atoms with Crippen molar-refractivity contribution in [2.24, 2.45) is 0 Å². The molecule has 0 bridgehead atoms. The van der Waals surface area contributed by atoms with Gasteiger partial charge in [-0.1, -0.05) is 18.2 Å². The lowest BCUT2D eigenvalue weighted by Gasteiger charge is -2.29. The monoisotopic (exact) mass is 327 g/mol. The molecule has 3 rings (SSSR count). The van der Waals surface area contributed by atoms with Gasteiger partial charge in [0.25, 0.3) is 5.52 Å². The highest BCUT2D eigenvalue weighted by Crippen LogP contribution is 2.24. The van der Waals surface area contributed by atoms with Crippen LogP contribution in [-0.4, -0.2) is 34.9 Å². The average molecular weight is 327 g/mol. The lowest BCUT2D eigenvalue weighted by molar-refractivity contribution is -0.884. The molecule has 0 spiro atoms. The maximum atomic E-state index is 12.1. The molecule has 0 unspecified atom stereocenters. The number of nitrogens with zero attached hydrogens (tertiary/aromatic N) is 2. The van der Waals surface area contributed by atoms with Crippen molar-refractivity contribution in [2.75, 3.05) is 13.1 Å². The fourth-order valence-corrected chi connectivity index (χ4v) is 2.82. The van der Waals surface area contributed by atoms with E-state index in [1.54, 1.807) is 11.1 Å². The zero-order chi connectivity index (χ0) is 17.3. The molecule has 0 saturated heterocycles. The molecular weight excluding hydrogens is 304 g/mol. The van der Waals surface area contributed by atoms with Crippen molar-refractivity contribution in [1.82, 2.24) is 4.90 Å². The molecule has 1 aromatic carbocycles. The second kappa shape index (κ2) is 6.15. The number of hydrogen-bond acceptors (Lipinski definition) is 3. The molecular formula is C19H23N2O3+. The van der Waals surface area contributed by atoms with Gasteiger partial charge in [0.05, 0.1) is 5.39 Å². The van der Waals surface area contributed by atoms with E-state index in [0.717, 1.165) is 33.2 Å². The quantitative estimate of drug-likeness (QED) is 0.645. The molecule has 1 N–H and O–H groups in total. The van der Waals surface area contributed by atoms with Gasteiger partial charge in [-0.15, -0.1) is 0 Å². The first-order valence-electron chi connectivity index (χ1n) is 8.14. The molecule has 0 atom stereocenters. The van der Waals surface area contributed by atoms with Crippen molar-refractivity contribution < 1.29 is 19.5 Å². The van der Waals surface area contributed by atoms with Gasteiger partial charge in [-0.2, -0.15) is 0 Å². The predicted molar refractivity (Wildman–Crippen MR) is 91.7 cm³/mol. The summed E-state index contributed by atoms with van der Waals surface area (Å²) in [6, 6.07) is 9.76. The van der Waals surface area contributed by atoms with Gasteiger partial charge in [0.2, 0.25) is 6.20 Å². The summed E-state index contributed by atoms with van der Waals surface area (Å²) in [5.74, 6) is 0. The smallest absolute Gasteiger partial charge is 0.410 e. The van der Waals surface area contributed by atoms with Crippen LogP contribution >= 0.6 is 0 Å². The summed E-state index contributed by atoms with van der Waals surface area (Å²) in [7, 11) is 0. The topological polar surface area (TPSA) is 53.7 Å². The molecule has 1 aliphatic rings. The molecule has 0 radical (unpaired) electrons. The highest BCUT2D eigenvalue weighted by molar-refractivity contribution is 5.80. The van der Waals surface area contributed by atoms with E-state index in [1.165, 1.54) is 0 Å². The van der Waals surface area contributed by atoms with Crippen LogP contribution in [0.1, 0.15) is 32.8 Å². The molecule has 0 fully saturated rings. The molecule has 0 aliphatic carbocycles. The van der Waals surface area contributed by atoms with Crippen LogP contribution in [0.15, 0.2) is 42.6 Å². The third kappa shape index (κ3) is 3.50. The molecule has 5 heteroatoms. The van der Waals surface area contributed by atoms with Crippen molar-refractivity contribution in [3.05, 3.63) is 48.2 Å². The van der Waals surface area contributed by atoms with E-state index in [4.69, 9.17) is 4.74 Å². The first-order chi connectivity index (χ1) is 11.3. The van der Waals surface area contributed by atoms with Crippen LogP contribution in [0.5, 0.6) is 0 Å². The Bertz CT molecular complexity index is 806. The lowest BCUT2D eigenvalue weighted by Crippen LogP contribution is -2.39. The zero-order valence-corrected chi connectivity index (χ0v) is 14.3. The zero-order valence-electron chi connectivity index (χ0n) is 14.3. The largest absolute Gasteiger partial charge is 0.444 e. The molecule has 0 saturated carbocycles. The van der Waals surface area contributed by atoms with Gasteiger partial charge in [0, 0.05) is 29.4 Å². The van der Waals surface area contributed by atoms with Crippen LogP contribution in [-0.2, 0) is 4.74 Å². The molecule has 1 aliphatic heterocycles. The Hall–Kier alpha value is -2.56. The molecule has 2 aromatic rings. The van der Waals surface area contributed by atoms with Crippen LogP contribution < -0.4 is 4.73 Å². The highest BCUT2D eigenvalue weighted by atomic mass is 16.6. The number of hydrogen-bond donors (Lipinski definition) is 1. The number of carbonyl (C=O) groups excluding carboxylic acids is 1. The summed E-state index contributed by atoms with van der Waals surface area (Å²) in [6.07, 6.45) is 4.19. The summed E-state index contributed by atoms with van der Waals surface area (Å²) >= 11 is 0. The van der Waals surface area contributed by atoms with Crippen LogP contribution in [0.2, 0.25) is 0 Å². The van der Waals surface area contributed by atoms with E-state index in [2.05, 4.69) is 6.07 Å². The third-order valence-electron chi connectivity index (χ3n) is 3.99. The number of pyridine rings is 1. The van der Waals surface area contributed by atoms with Crippen molar-refractivity contribution in [3.63, 3.8) is 0 Å². The van der Waals surface area contributed by atoms with E-state index < -0.39 is 5.60 Å². The average Bonchev–Trinajstić information content (AvgIpc) is 2.53. The number of benzene rings is 1. The summed E-state index contributed by atoms with van der Waals surface area (Å²) < 4.78 is 6.57. The Morgan fingerprint density at radius 3 is 2.71 bits per heavy atom. The maximum absolute atomic E-state index is 12.1. The number of amides is 1. The Labute approximate surface area is 141 Å². The highest BCUT2D eigenvalue weighted by Gasteiger charge is 2.24. The number of para-hydroxylation sites is 1. The lowest BCUT2D eigenvalue weighted by atomic mass is 10.00. The summed E-state index contributed by atoms with van der Waals surface area (Å²) in [6.45, 7) is 6.73. The van der Waals surface area contributed by atoms with Gasteiger partial charge >= 0.3 is 6.09 Å². The van der Waals surface area contributed by atoms with Gasteiger partial charge in [-0.05, 0) is 44.9 Å². The van der Waals surface area contributed by atoms with E-state index in [1.807, 2.05) is 51.1 Å². The van der Waals surface area contributed by atoms with Crippen LogP contribution in [0.3, 0.4) is 0 Å². The van der Waals surface area contributed by atoms with Gasteiger partial charge in [0.15, 0.2) is 0 Å². The second-order valence-corrected chi connectivity index (χ2v) is 7.04. The van der Waals surface area contributed by atoms with Gasteiger partial charge in [-0.3, -0.25) is 5.21 Å². The van der Waals surface area contributed by atoms with Gasteiger partial charge in [0.1, 0.15) is 5.60 Å². The minimum atomic E-state index is -0.484. The van der Waals surface area contributed by atoms with Crippen molar-refractivity contribution in [2.45, 2.75) is 32.8 Å². The minimum absolute atomic E-state index is 0.284. The Kier molecular flexibility index (Phi) is 4.18. The normalized spacial score (nSPS) is 15.3. The maximum Gasteiger partial charge on any atom is 0.410 e. The molecule has 5 nitrogen and oxygen atoms in total. The Morgan fingerprint density at radius 1 is 1.29 bits per heavy atom. The first kappa shape index (κ1) is 16.3. The van der Waals surface area contributed by atoms with Crippen LogP contribution in [0, 0.1) is 0 Å². The van der Waals surface area contributed by atoms with Crippen molar-refractivity contribution in [1.29, 1.82) is 0 Å². The summed E-state index contributed by atoms with van der Waals surface area (Å²) in [5, 5.41) is 11.1. The van der Waals surface area contributed by atoms with E-state index >= 15 is 0 Å². The molecule has 1 amide bonds. The number of rotatable bonds is 1. The van der Waals surface area contributed by atoms with Crippen molar-refractivity contribution >= 4 is 22.6 Å². The SMILES string of the molecule is CC(C)(C)OC(=O)N1CC=C(c2cc3ccccc3[n+](O)c2)CC1. The summed E-state index contributed by atoms with van der Waals surface area (Å²) in [4.78, 5) is 13.8. The molecule has 2 heterocycles. The van der Waals surface area contributed by atoms with Crippen LogP contribution in [0.25, 0.3) is 16.5 Å². The van der Waals surface area contributed by atoms with E-state index in [0.29, 0.717) is 13.1 Å². The molecule has 126 valence electrons. The first-order valence-corrected chi connectivity index (χ1v) is 8.14. The van der Waals surface area contributed by atoms with E-state index in [-0.39, 0.29) is 6.09 Å².